The summed E-state index contributed by atoms with van der Waals surface area (Å²) in [5, 5.41) is 9.29. The molecule has 4 heteroatoms. The van der Waals surface area contributed by atoms with Crippen LogP contribution in [0.2, 0.25) is 0 Å². The molecule has 0 fully saturated rings. The van der Waals surface area contributed by atoms with Crippen LogP contribution < -0.4 is 0 Å². The van der Waals surface area contributed by atoms with Crippen molar-refractivity contribution in [3.8, 4) is 0 Å². The summed E-state index contributed by atoms with van der Waals surface area (Å²) in [4.78, 5) is 16.8. The predicted molar refractivity (Wildman–Crippen MR) is 61.9 cm³/mol. The lowest BCUT2D eigenvalue weighted by molar-refractivity contribution is 0.0694. The SMILES string of the molecule is CC(C)c1[nH]c2c(c1C(=O)O)CCN(C)C2. The Kier molecular flexibility index (Phi) is 2.76. The summed E-state index contributed by atoms with van der Waals surface area (Å²) in [6.45, 7) is 5.80. The Labute approximate surface area is 95.3 Å². The summed E-state index contributed by atoms with van der Waals surface area (Å²) in [7, 11) is 2.05. The van der Waals surface area contributed by atoms with Crippen molar-refractivity contribution in [1.29, 1.82) is 0 Å². The first-order valence-corrected chi connectivity index (χ1v) is 5.66. The van der Waals surface area contributed by atoms with Crippen LogP contribution >= 0.6 is 0 Å². The number of carboxylic acids is 1. The van der Waals surface area contributed by atoms with Gasteiger partial charge in [0, 0.05) is 24.5 Å². The van der Waals surface area contributed by atoms with Crippen LogP contribution in [-0.2, 0) is 13.0 Å². The molecule has 0 radical (unpaired) electrons. The maximum absolute atomic E-state index is 11.3. The number of carboxylic acid groups (broad SMARTS) is 1. The standard InChI is InChI=1S/C12H18N2O2/c1-7(2)11-10(12(15)16)8-4-5-14(3)6-9(8)13-11/h7,13H,4-6H2,1-3H3,(H,15,16). The number of aromatic carboxylic acids is 1. The minimum Gasteiger partial charge on any atom is -0.478 e. The molecule has 2 N–H and O–H groups in total. The Morgan fingerprint density at radius 2 is 2.19 bits per heavy atom. The van der Waals surface area contributed by atoms with Crippen molar-refractivity contribution >= 4 is 5.97 Å². The molecular weight excluding hydrogens is 204 g/mol. The number of likely N-dealkylation sites (N-methyl/N-ethyl adjacent to an activating group) is 1. The van der Waals surface area contributed by atoms with Crippen molar-refractivity contribution in [2.24, 2.45) is 0 Å². The Morgan fingerprint density at radius 3 is 2.75 bits per heavy atom. The van der Waals surface area contributed by atoms with Crippen molar-refractivity contribution in [2.75, 3.05) is 13.6 Å². The summed E-state index contributed by atoms with van der Waals surface area (Å²) < 4.78 is 0. The first-order valence-electron chi connectivity index (χ1n) is 5.66. The molecule has 0 unspecified atom stereocenters. The van der Waals surface area contributed by atoms with E-state index in [0.717, 1.165) is 36.5 Å². The average molecular weight is 222 g/mol. The molecule has 2 rings (SSSR count). The lowest BCUT2D eigenvalue weighted by Gasteiger charge is -2.22. The first kappa shape index (κ1) is 11.2. The van der Waals surface area contributed by atoms with Crippen molar-refractivity contribution in [1.82, 2.24) is 9.88 Å². The maximum atomic E-state index is 11.3. The molecule has 0 bridgehead atoms. The average Bonchev–Trinajstić information content (AvgIpc) is 2.55. The fourth-order valence-corrected chi connectivity index (χ4v) is 2.35. The van der Waals surface area contributed by atoms with Gasteiger partial charge in [-0.05, 0) is 24.9 Å². The lowest BCUT2D eigenvalue weighted by Crippen LogP contribution is -2.26. The zero-order valence-corrected chi connectivity index (χ0v) is 10.0. The molecule has 2 heterocycles. The molecule has 1 aromatic rings. The molecule has 0 saturated heterocycles. The van der Waals surface area contributed by atoms with Crippen LogP contribution in [0.25, 0.3) is 0 Å². The van der Waals surface area contributed by atoms with Gasteiger partial charge >= 0.3 is 5.97 Å². The Balaban J connectivity index is 2.52. The van der Waals surface area contributed by atoms with Gasteiger partial charge < -0.3 is 15.0 Å². The van der Waals surface area contributed by atoms with Crippen molar-refractivity contribution < 1.29 is 9.90 Å². The zero-order chi connectivity index (χ0) is 11.9. The van der Waals surface area contributed by atoms with Gasteiger partial charge in [0.05, 0.1) is 5.56 Å². The number of H-pyrrole nitrogens is 1. The Morgan fingerprint density at radius 1 is 1.50 bits per heavy atom. The fraction of sp³-hybridized carbons (Fsp3) is 0.583. The van der Waals surface area contributed by atoms with E-state index in [2.05, 4.69) is 16.9 Å². The highest BCUT2D eigenvalue weighted by atomic mass is 16.4. The molecule has 1 aliphatic rings. The number of fused-ring (bicyclic) bond motifs is 1. The second-order valence-corrected chi connectivity index (χ2v) is 4.82. The van der Waals surface area contributed by atoms with Crippen LogP contribution in [0, 0.1) is 0 Å². The molecular formula is C12H18N2O2. The quantitative estimate of drug-likeness (QED) is 0.802. The van der Waals surface area contributed by atoms with E-state index in [0.29, 0.717) is 5.56 Å². The van der Waals surface area contributed by atoms with Gasteiger partial charge in [0.2, 0.25) is 0 Å². The highest BCUT2D eigenvalue weighted by Crippen LogP contribution is 2.28. The highest BCUT2D eigenvalue weighted by molar-refractivity contribution is 5.91. The van der Waals surface area contributed by atoms with Gasteiger partial charge in [-0.2, -0.15) is 0 Å². The van der Waals surface area contributed by atoms with Crippen molar-refractivity contribution in [3.63, 3.8) is 0 Å². The predicted octanol–water partition coefficient (Wildman–Crippen LogP) is 1.82. The normalized spacial score (nSPS) is 16.5. The number of nitrogens with one attached hydrogen (secondary N) is 1. The molecule has 0 spiro atoms. The van der Waals surface area contributed by atoms with E-state index in [1.807, 2.05) is 13.8 Å². The molecule has 0 amide bonds. The van der Waals surface area contributed by atoms with Crippen molar-refractivity contribution in [3.05, 3.63) is 22.5 Å². The van der Waals surface area contributed by atoms with E-state index in [-0.39, 0.29) is 5.92 Å². The molecule has 0 saturated carbocycles. The van der Waals surface area contributed by atoms with E-state index in [4.69, 9.17) is 0 Å². The Bertz CT molecular complexity index is 421. The lowest BCUT2D eigenvalue weighted by atomic mass is 9.98. The minimum atomic E-state index is -0.800. The number of hydrogen-bond acceptors (Lipinski definition) is 2. The minimum absolute atomic E-state index is 0.224. The smallest absolute Gasteiger partial charge is 0.337 e. The summed E-state index contributed by atoms with van der Waals surface area (Å²) in [6.07, 6.45) is 0.830. The van der Waals surface area contributed by atoms with Crippen LogP contribution in [0.1, 0.15) is 47.1 Å². The zero-order valence-electron chi connectivity index (χ0n) is 10.0. The third-order valence-corrected chi connectivity index (χ3v) is 3.18. The summed E-state index contributed by atoms with van der Waals surface area (Å²) >= 11 is 0. The largest absolute Gasteiger partial charge is 0.478 e. The molecule has 88 valence electrons. The van der Waals surface area contributed by atoms with Gasteiger partial charge in [0.25, 0.3) is 0 Å². The van der Waals surface area contributed by atoms with Gasteiger partial charge in [0.1, 0.15) is 0 Å². The molecule has 0 aliphatic carbocycles. The van der Waals surface area contributed by atoms with Crippen molar-refractivity contribution in [2.45, 2.75) is 32.7 Å². The molecule has 1 aromatic heterocycles. The molecule has 16 heavy (non-hydrogen) atoms. The molecule has 0 aromatic carbocycles. The number of aromatic amines is 1. The van der Waals surface area contributed by atoms with Gasteiger partial charge in [0.15, 0.2) is 0 Å². The number of hydrogen-bond donors (Lipinski definition) is 2. The summed E-state index contributed by atoms with van der Waals surface area (Å²) in [5.41, 5.74) is 3.47. The molecule has 1 aliphatic heterocycles. The van der Waals surface area contributed by atoms with E-state index in [1.54, 1.807) is 0 Å². The first-order chi connectivity index (χ1) is 7.50. The molecule has 4 nitrogen and oxygen atoms in total. The monoisotopic (exact) mass is 222 g/mol. The maximum Gasteiger partial charge on any atom is 0.337 e. The third kappa shape index (κ3) is 1.73. The van der Waals surface area contributed by atoms with E-state index in [9.17, 15) is 9.90 Å². The van der Waals surface area contributed by atoms with Gasteiger partial charge in [-0.1, -0.05) is 13.8 Å². The fourth-order valence-electron chi connectivity index (χ4n) is 2.35. The van der Waals surface area contributed by atoms with Crippen LogP contribution in [0.15, 0.2) is 0 Å². The van der Waals surface area contributed by atoms with Crippen LogP contribution in [-0.4, -0.2) is 34.6 Å². The molecule has 0 atom stereocenters. The number of carbonyl (C=O) groups is 1. The van der Waals surface area contributed by atoms with E-state index < -0.39 is 5.97 Å². The Hall–Kier alpha value is -1.29. The van der Waals surface area contributed by atoms with Crippen LogP contribution in [0.5, 0.6) is 0 Å². The number of nitrogens with zero attached hydrogens (tertiary/aromatic N) is 1. The second kappa shape index (κ2) is 3.94. The third-order valence-electron chi connectivity index (χ3n) is 3.18. The summed E-state index contributed by atoms with van der Waals surface area (Å²) in [5.74, 6) is -0.576. The van der Waals surface area contributed by atoms with Crippen LogP contribution in [0.4, 0.5) is 0 Å². The highest BCUT2D eigenvalue weighted by Gasteiger charge is 2.26. The number of rotatable bonds is 2. The van der Waals surface area contributed by atoms with E-state index in [1.165, 1.54) is 0 Å². The van der Waals surface area contributed by atoms with E-state index >= 15 is 0 Å². The summed E-state index contributed by atoms with van der Waals surface area (Å²) in [6, 6.07) is 0. The van der Waals surface area contributed by atoms with Gasteiger partial charge in [-0.15, -0.1) is 0 Å². The van der Waals surface area contributed by atoms with Gasteiger partial charge in [-0.25, -0.2) is 4.79 Å². The second-order valence-electron chi connectivity index (χ2n) is 4.82. The topological polar surface area (TPSA) is 56.3 Å². The van der Waals surface area contributed by atoms with Gasteiger partial charge in [-0.3, -0.25) is 0 Å². The van der Waals surface area contributed by atoms with Crippen LogP contribution in [0.3, 0.4) is 0 Å². The number of aromatic nitrogens is 1.